The van der Waals surface area contributed by atoms with Gasteiger partial charge in [0.1, 0.15) is 0 Å². The van der Waals surface area contributed by atoms with Crippen molar-refractivity contribution in [1.82, 2.24) is 0 Å². The Morgan fingerprint density at radius 3 is 2.79 bits per heavy atom. The maximum atomic E-state index is 11.9. The highest BCUT2D eigenvalue weighted by atomic mass is 16.4. The Morgan fingerprint density at radius 1 is 1.29 bits per heavy atom. The molecule has 0 aliphatic heterocycles. The van der Waals surface area contributed by atoms with Gasteiger partial charge in [-0.1, -0.05) is 50.5 Å². The van der Waals surface area contributed by atoms with Crippen LogP contribution >= 0.6 is 0 Å². The van der Waals surface area contributed by atoms with Gasteiger partial charge in [-0.15, -0.1) is 0 Å². The van der Waals surface area contributed by atoms with Crippen LogP contribution in [-0.4, -0.2) is 28.1 Å². The minimum Gasteiger partial charge on any atom is -0.481 e. The van der Waals surface area contributed by atoms with E-state index in [0.29, 0.717) is 12.8 Å². The molecular formula is C20H30O4. The van der Waals surface area contributed by atoms with Crippen LogP contribution in [0, 0.1) is 5.92 Å². The van der Waals surface area contributed by atoms with Gasteiger partial charge in [0.2, 0.25) is 0 Å². The number of hydrogen-bond acceptors (Lipinski definition) is 3. The first-order chi connectivity index (χ1) is 11.5. The van der Waals surface area contributed by atoms with Gasteiger partial charge in [0, 0.05) is 17.9 Å². The fraction of sp³-hybridized carbons (Fsp3) is 0.600. The molecule has 2 N–H and O–H groups in total. The Bertz CT molecular complexity index is 488. The second-order valence-electron chi connectivity index (χ2n) is 6.37. The fourth-order valence-electron chi connectivity index (χ4n) is 2.79. The summed E-state index contributed by atoms with van der Waals surface area (Å²) in [6.07, 6.45) is 16.0. The summed E-state index contributed by atoms with van der Waals surface area (Å²) < 4.78 is 0. The van der Waals surface area contributed by atoms with Gasteiger partial charge in [0.15, 0.2) is 5.78 Å². The van der Waals surface area contributed by atoms with Gasteiger partial charge in [-0.25, -0.2) is 0 Å². The summed E-state index contributed by atoms with van der Waals surface area (Å²) in [7, 11) is 0. The molecule has 0 saturated carbocycles. The lowest BCUT2D eigenvalue weighted by atomic mass is 9.95. The van der Waals surface area contributed by atoms with E-state index in [-0.39, 0.29) is 24.2 Å². The molecule has 0 bridgehead atoms. The molecule has 4 heteroatoms. The molecule has 0 spiro atoms. The first-order valence-electron chi connectivity index (χ1n) is 9.02. The van der Waals surface area contributed by atoms with Crippen molar-refractivity contribution < 1.29 is 19.8 Å². The maximum absolute atomic E-state index is 11.9. The number of aliphatic hydroxyl groups excluding tert-OH is 1. The van der Waals surface area contributed by atoms with Gasteiger partial charge < -0.3 is 10.2 Å². The number of aliphatic carboxylic acids is 1. The number of hydrogen-bond donors (Lipinski definition) is 2. The summed E-state index contributed by atoms with van der Waals surface area (Å²) in [4.78, 5) is 22.4. The summed E-state index contributed by atoms with van der Waals surface area (Å²) in [6.45, 7) is 2.14. The first-order valence-corrected chi connectivity index (χ1v) is 9.02. The van der Waals surface area contributed by atoms with Crippen LogP contribution in [0.25, 0.3) is 0 Å². The second kappa shape index (κ2) is 11.8. The molecule has 0 aromatic heterocycles. The monoisotopic (exact) mass is 334 g/mol. The Labute approximate surface area is 145 Å². The quantitative estimate of drug-likeness (QED) is 0.319. The molecule has 0 heterocycles. The van der Waals surface area contributed by atoms with Crippen LogP contribution in [-0.2, 0) is 9.59 Å². The van der Waals surface area contributed by atoms with Crippen molar-refractivity contribution in [1.29, 1.82) is 0 Å². The molecule has 0 aromatic carbocycles. The summed E-state index contributed by atoms with van der Waals surface area (Å²) in [6, 6.07) is 0. The Kier molecular flexibility index (Phi) is 10.0. The highest BCUT2D eigenvalue weighted by Gasteiger charge is 2.21. The van der Waals surface area contributed by atoms with Crippen molar-refractivity contribution in [2.75, 3.05) is 0 Å². The number of aliphatic hydroxyl groups is 1. The van der Waals surface area contributed by atoms with E-state index >= 15 is 0 Å². The van der Waals surface area contributed by atoms with Crippen molar-refractivity contribution in [3.05, 3.63) is 36.0 Å². The first kappa shape index (κ1) is 20.4. The molecular weight excluding hydrogens is 304 g/mol. The minimum absolute atomic E-state index is 0.0417. The molecule has 0 saturated heterocycles. The lowest BCUT2D eigenvalue weighted by Crippen LogP contribution is -2.08. The smallest absolute Gasteiger partial charge is 0.303 e. The van der Waals surface area contributed by atoms with E-state index in [1.807, 2.05) is 24.3 Å². The van der Waals surface area contributed by atoms with Gasteiger partial charge >= 0.3 is 5.97 Å². The van der Waals surface area contributed by atoms with Crippen molar-refractivity contribution in [3.8, 4) is 0 Å². The molecule has 1 aliphatic carbocycles. The minimum atomic E-state index is -0.768. The van der Waals surface area contributed by atoms with E-state index in [1.54, 1.807) is 6.08 Å². The van der Waals surface area contributed by atoms with Gasteiger partial charge in [0.25, 0.3) is 0 Å². The van der Waals surface area contributed by atoms with Gasteiger partial charge in [0.05, 0.1) is 6.10 Å². The summed E-state index contributed by atoms with van der Waals surface area (Å²) in [5, 5.41) is 18.6. The molecule has 1 rings (SSSR count). The highest BCUT2D eigenvalue weighted by molar-refractivity contribution is 6.07. The zero-order chi connectivity index (χ0) is 17.8. The van der Waals surface area contributed by atoms with Gasteiger partial charge in [-0.05, 0) is 38.2 Å². The van der Waals surface area contributed by atoms with Crippen LogP contribution in [0.2, 0.25) is 0 Å². The van der Waals surface area contributed by atoms with Gasteiger partial charge in [-0.3, -0.25) is 9.59 Å². The molecule has 134 valence electrons. The van der Waals surface area contributed by atoms with E-state index in [2.05, 4.69) is 6.92 Å². The predicted octanol–water partition coefficient (Wildman–Crippen LogP) is 4.20. The van der Waals surface area contributed by atoms with Crippen molar-refractivity contribution in [2.45, 2.75) is 70.8 Å². The maximum Gasteiger partial charge on any atom is 0.303 e. The van der Waals surface area contributed by atoms with E-state index in [0.717, 1.165) is 44.1 Å². The van der Waals surface area contributed by atoms with Gasteiger partial charge in [-0.2, -0.15) is 0 Å². The van der Waals surface area contributed by atoms with Crippen LogP contribution in [0.4, 0.5) is 0 Å². The number of carbonyl (C=O) groups is 2. The fourth-order valence-corrected chi connectivity index (χ4v) is 2.79. The molecule has 0 fully saturated rings. The van der Waals surface area contributed by atoms with Crippen LogP contribution < -0.4 is 0 Å². The molecule has 1 aliphatic rings. The topological polar surface area (TPSA) is 74.6 Å². The Balaban J connectivity index is 2.39. The number of carbonyl (C=O) groups excluding carboxylic acids is 1. The van der Waals surface area contributed by atoms with Crippen molar-refractivity contribution in [2.24, 2.45) is 5.92 Å². The molecule has 4 nitrogen and oxygen atoms in total. The molecule has 0 radical (unpaired) electrons. The number of carboxylic acid groups (broad SMARTS) is 1. The molecule has 0 aromatic rings. The second-order valence-corrected chi connectivity index (χ2v) is 6.37. The molecule has 0 amide bonds. The third-order valence-electron chi connectivity index (χ3n) is 4.23. The van der Waals surface area contributed by atoms with Crippen LogP contribution in [0.3, 0.4) is 0 Å². The van der Waals surface area contributed by atoms with Crippen LogP contribution in [0.1, 0.15) is 64.7 Å². The highest BCUT2D eigenvalue weighted by Crippen LogP contribution is 2.26. The lowest BCUT2D eigenvalue weighted by molar-refractivity contribution is -0.137. The predicted molar refractivity (Wildman–Crippen MR) is 95.7 cm³/mol. The number of rotatable bonds is 12. The van der Waals surface area contributed by atoms with Crippen molar-refractivity contribution >= 4 is 11.8 Å². The number of ketones is 1. The zero-order valence-electron chi connectivity index (χ0n) is 14.6. The third kappa shape index (κ3) is 8.25. The summed E-state index contributed by atoms with van der Waals surface area (Å²) in [5.74, 6) is -0.647. The SMILES string of the molecule is CCCCC[C@H](O)C/C=C1/C(=O)C=C[C@H]1C/C=C\CCCC(=O)O. The van der Waals surface area contributed by atoms with Crippen molar-refractivity contribution in [3.63, 3.8) is 0 Å². The number of unbranched alkanes of at least 4 members (excludes halogenated alkanes) is 3. The Hall–Kier alpha value is -1.68. The molecule has 0 unspecified atom stereocenters. The van der Waals surface area contributed by atoms with E-state index in [9.17, 15) is 14.7 Å². The number of allylic oxidation sites excluding steroid dienone is 5. The normalized spacial score (nSPS) is 20.3. The van der Waals surface area contributed by atoms with Crippen LogP contribution in [0.15, 0.2) is 36.0 Å². The largest absolute Gasteiger partial charge is 0.481 e. The molecule has 2 atom stereocenters. The third-order valence-corrected chi connectivity index (χ3v) is 4.23. The number of carboxylic acids is 1. The van der Waals surface area contributed by atoms with E-state index in [1.165, 1.54) is 0 Å². The standard InChI is InChI=1S/C20H30O4/c1-2-3-6-10-17(21)13-14-18-16(12-15-19(18)22)9-7-4-5-8-11-20(23)24/h4,7,12,14-17,21H,2-3,5-6,8-11,13H2,1H3,(H,23,24)/b7-4-,18-14+/t16-,17+/m1/s1. The average molecular weight is 334 g/mol. The van der Waals surface area contributed by atoms with E-state index < -0.39 is 5.97 Å². The summed E-state index contributed by atoms with van der Waals surface area (Å²) >= 11 is 0. The van der Waals surface area contributed by atoms with E-state index in [4.69, 9.17) is 5.11 Å². The average Bonchev–Trinajstić information content (AvgIpc) is 2.89. The molecule has 24 heavy (non-hydrogen) atoms. The summed E-state index contributed by atoms with van der Waals surface area (Å²) in [5.41, 5.74) is 0.778. The lowest BCUT2D eigenvalue weighted by Gasteiger charge is -2.11. The Morgan fingerprint density at radius 2 is 2.08 bits per heavy atom. The zero-order valence-corrected chi connectivity index (χ0v) is 14.6. The van der Waals surface area contributed by atoms with Crippen LogP contribution in [0.5, 0.6) is 0 Å².